The van der Waals surface area contributed by atoms with E-state index in [1.54, 1.807) is 11.9 Å². The molecule has 128 valence electrons. The molecule has 2 atom stereocenters. The molecule has 2 heterocycles. The van der Waals surface area contributed by atoms with Crippen molar-refractivity contribution in [2.24, 2.45) is 0 Å². The second-order valence-corrected chi connectivity index (χ2v) is 6.85. The van der Waals surface area contributed by atoms with Crippen LogP contribution >= 0.6 is 0 Å². The lowest BCUT2D eigenvalue weighted by Crippen LogP contribution is -2.45. The zero-order chi connectivity index (χ0) is 17.6. The Morgan fingerprint density at radius 1 is 1.29 bits per heavy atom. The van der Waals surface area contributed by atoms with E-state index in [0.717, 1.165) is 23.2 Å². The Bertz CT molecular complexity index is 738. The largest absolute Gasteiger partial charge is 0.330 e. The first-order valence-corrected chi connectivity index (χ1v) is 8.50. The Morgan fingerprint density at radius 2 is 2.00 bits per heavy atom. The van der Waals surface area contributed by atoms with Crippen molar-refractivity contribution in [2.75, 3.05) is 13.6 Å². The van der Waals surface area contributed by atoms with Crippen molar-refractivity contribution in [2.45, 2.75) is 46.2 Å². The summed E-state index contributed by atoms with van der Waals surface area (Å²) in [5, 5.41) is 3.00. The summed E-state index contributed by atoms with van der Waals surface area (Å²) < 4.78 is 0. The van der Waals surface area contributed by atoms with Gasteiger partial charge in [-0.3, -0.25) is 9.69 Å². The topological polar surface area (TPSA) is 52.7 Å². The monoisotopic (exact) mass is 327 g/mol. The average Bonchev–Trinajstić information content (AvgIpc) is 2.88. The van der Waals surface area contributed by atoms with Gasteiger partial charge < -0.3 is 10.2 Å². The van der Waals surface area contributed by atoms with Gasteiger partial charge in [-0.1, -0.05) is 30.7 Å². The van der Waals surface area contributed by atoms with Gasteiger partial charge in [-0.2, -0.15) is 0 Å². The molecule has 0 aliphatic carbocycles. The molecule has 2 aliphatic heterocycles. The predicted molar refractivity (Wildman–Crippen MR) is 93.4 cm³/mol. The third-order valence-corrected chi connectivity index (χ3v) is 5.25. The van der Waals surface area contributed by atoms with Crippen molar-refractivity contribution in [3.8, 4) is 0 Å². The van der Waals surface area contributed by atoms with Crippen molar-refractivity contribution in [1.82, 2.24) is 15.1 Å². The number of carbonyl (C=O) groups is 2. The lowest BCUT2D eigenvalue weighted by Gasteiger charge is -2.31. The van der Waals surface area contributed by atoms with Crippen LogP contribution in [0.25, 0.3) is 0 Å². The van der Waals surface area contributed by atoms with E-state index in [0.29, 0.717) is 12.1 Å². The van der Waals surface area contributed by atoms with Gasteiger partial charge in [0.1, 0.15) is 0 Å². The summed E-state index contributed by atoms with van der Waals surface area (Å²) in [6.45, 7) is 8.70. The second kappa shape index (κ2) is 5.96. The summed E-state index contributed by atoms with van der Waals surface area (Å²) in [6.07, 6.45) is 0.894. The van der Waals surface area contributed by atoms with Crippen LogP contribution in [0, 0.1) is 13.8 Å². The second-order valence-electron chi connectivity index (χ2n) is 6.85. The van der Waals surface area contributed by atoms with Crippen LogP contribution in [0.2, 0.25) is 0 Å². The van der Waals surface area contributed by atoms with Crippen molar-refractivity contribution in [3.63, 3.8) is 0 Å². The van der Waals surface area contributed by atoms with Gasteiger partial charge in [-0.25, -0.2) is 4.79 Å². The number of hydrogen-bond donors (Lipinski definition) is 1. The van der Waals surface area contributed by atoms with E-state index in [1.807, 2.05) is 30.9 Å². The normalized spacial score (nSPS) is 22.0. The van der Waals surface area contributed by atoms with Crippen LogP contribution < -0.4 is 5.32 Å². The zero-order valence-corrected chi connectivity index (χ0v) is 15.0. The van der Waals surface area contributed by atoms with Crippen LogP contribution in [0.5, 0.6) is 0 Å². The number of amides is 3. The Morgan fingerprint density at radius 3 is 2.62 bits per heavy atom. The van der Waals surface area contributed by atoms with Crippen LogP contribution in [0.1, 0.15) is 43.0 Å². The molecule has 2 aliphatic rings. The number of carbonyl (C=O) groups excluding carboxylic acids is 2. The minimum absolute atomic E-state index is 0.0381. The fraction of sp³-hybridized carbons (Fsp3) is 0.474. The molecule has 0 spiro atoms. The molecule has 0 bridgehead atoms. The molecule has 5 heteroatoms. The van der Waals surface area contributed by atoms with Crippen molar-refractivity contribution in [1.29, 1.82) is 0 Å². The molecule has 0 saturated heterocycles. The van der Waals surface area contributed by atoms with E-state index in [4.69, 9.17) is 0 Å². The van der Waals surface area contributed by atoms with Gasteiger partial charge in [0.2, 0.25) is 0 Å². The van der Waals surface area contributed by atoms with Crippen molar-refractivity contribution >= 4 is 11.9 Å². The first-order valence-electron chi connectivity index (χ1n) is 8.50. The highest BCUT2D eigenvalue weighted by Crippen LogP contribution is 2.37. The summed E-state index contributed by atoms with van der Waals surface area (Å²) in [7, 11) is 1.73. The van der Waals surface area contributed by atoms with E-state index < -0.39 is 0 Å². The molecule has 0 saturated carbocycles. The number of rotatable bonds is 3. The molecule has 1 aromatic rings. The molecular formula is C19H25N3O2. The highest BCUT2D eigenvalue weighted by Gasteiger charge is 2.44. The van der Waals surface area contributed by atoms with Crippen LogP contribution in [0.15, 0.2) is 29.5 Å². The van der Waals surface area contributed by atoms with Gasteiger partial charge >= 0.3 is 6.03 Å². The number of nitrogens with one attached hydrogen (secondary N) is 1. The average molecular weight is 327 g/mol. The lowest BCUT2D eigenvalue weighted by atomic mass is 9.91. The van der Waals surface area contributed by atoms with Gasteiger partial charge in [0.25, 0.3) is 5.91 Å². The summed E-state index contributed by atoms with van der Waals surface area (Å²) in [6, 6.07) is 5.77. The molecule has 3 rings (SSSR count). The number of aryl methyl sites for hydroxylation is 2. The Kier molecular flexibility index (Phi) is 4.11. The molecule has 0 radical (unpaired) electrons. The summed E-state index contributed by atoms with van der Waals surface area (Å²) in [4.78, 5) is 28.9. The molecule has 24 heavy (non-hydrogen) atoms. The predicted octanol–water partition coefficient (Wildman–Crippen LogP) is 2.89. The minimum atomic E-state index is -0.370. The SMILES string of the molecule is CC[C@@H](C)N1CC2=C(C1=O)[C@H](c1ccc(C)cc1C)NC(=O)N2C. The third-order valence-electron chi connectivity index (χ3n) is 5.25. The smallest absolute Gasteiger partial charge is 0.322 e. The quantitative estimate of drug-likeness (QED) is 0.928. The van der Waals surface area contributed by atoms with Gasteiger partial charge in [0, 0.05) is 13.1 Å². The highest BCUT2D eigenvalue weighted by molar-refractivity contribution is 6.01. The standard InChI is InChI=1S/C19H25N3O2/c1-6-13(4)22-10-15-16(18(22)23)17(20-19(24)21(15)5)14-8-7-11(2)9-12(14)3/h7-9,13,17H,6,10H2,1-5H3,(H,20,24)/t13-,17+/m1/s1. The lowest BCUT2D eigenvalue weighted by molar-refractivity contribution is -0.127. The molecule has 5 nitrogen and oxygen atoms in total. The number of nitrogens with zero attached hydrogens (tertiary/aromatic N) is 2. The van der Waals surface area contributed by atoms with Crippen LogP contribution in [0.3, 0.4) is 0 Å². The maximum Gasteiger partial charge on any atom is 0.322 e. The first kappa shape index (κ1) is 16.6. The van der Waals surface area contributed by atoms with E-state index in [2.05, 4.69) is 25.2 Å². The number of benzene rings is 1. The van der Waals surface area contributed by atoms with E-state index in [9.17, 15) is 9.59 Å². The summed E-state index contributed by atoms with van der Waals surface area (Å²) in [5.74, 6) is 0.0381. The van der Waals surface area contributed by atoms with Gasteiger partial charge in [0.15, 0.2) is 0 Å². The maximum absolute atomic E-state index is 13.0. The number of hydrogen-bond acceptors (Lipinski definition) is 2. The molecule has 0 fully saturated rings. The summed E-state index contributed by atoms with van der Waals surface area (Å²) in [5.41, 5.74) is 4.79. The third kappa shape index (κ3) is 2.48. The van der Waals surface area contributed by atoms with Crippen LogP contribution in [0.4, 0.5) is 4.79 Å². The Balaban J connectivity index is 2.07. The number of urea groups is 1. The molecule has 1 aromatic carbocycles. The van der Waals surface area contributed by atoms with Gasteiger partial charge in [-0.05, 0) is 38.3 Å². The van der Waals surface area contributed by atoms with Gasteiger partial charge in [-0.15, -0.1) is 0 Å². The highest BCUT2D eigenvalue weighted by atomic mass is 16.2. The van der Waals surface area contributed by atoms with Crippen molar-refractivity contribution < 1.29 is 9.59 Å². The van der Waals surface area contributed by atoms with E-state index in [-0.39, 0.29) is 24.0 Å². The fourth-order valence-electron chi connectivity index (χ4n) is 3.55. The minimum Gasteiger partial charge on any atom is -0.330 e. The molecular weight excluding hydrogens is 302 g/mol. The van der Waals surface area contributed by atoms with Crippen LogP contribution in [-0.2, 0) is 4.79 Å². The molecule has 3 amide bonds. The molecule has 0 aromatic heterocycles. The van der Waals surface area contributed by atoms with Crippen LogP contribution in [-0.4, -0.2) is 41.4 Å². The first-order chi connectivity index (χ1) is 11.3. The van der Waals surface area contributed by atoms with E-state index in [1.165, 1.54) is 5.56 Å². The summed E-state index contributed by atoms with van der Waals surface area (Å²) >= 11 is 0. The molecule has 0 unspecified atom stereocenters. The number of likely N-dealkylation sites (N-methyl/N-ethyl adjacent to an activating group) is 1. The maximum atomic E-state index is 13.0. The fourth-order valence-corrected chi connectivity index (χ4v) is 3.55. The van der Waals surface area contributed by atoms with Gasteiger partial charge in [0.05, 0.1) is 23.9 Å². The molecule has 1 N–H and O–H groups in total. The Labute approximate surface area is 143 Å². The zero-order valence-electron chi connectivity index (χ0n) is 15.0. The Hall–Kier alpha value is -2.30. The van der Waals surface area contributed by atoms with E-state index >= 15 is 0 Å². The van der Waals surface area contributed by atoms with Crippen molar-refractivity contribution in [3.05, 3.63) is 46.2 Å².